The van der Waals surface area contributed by atoms with E-state index in [-0.39, 0.29) is 17.6 Å². The van der Waals surface area contributed by atoms with E-state index in [1.54, 1.807) is 9.25 Å². The van der Waals surface area contributed by atoms with Crippen molar-refractivity contribution >= 4 is 5.91 Å². The Hall–Kier alpha value is -2.37. The number of benzene rings is 1. The Balaban J connectivity index is 1.60. The molecule has 146 valence electrons. The fourth-order valence-electron chi connectivity index (χ4n) is 3.66. The molecule has 0 spiro atoms. The largest absolute Gasteiger partial charge is 0.349 e. The van der Waals surface area contributed by atoms with Gasteiger partial charge in [-0.3, -0.25) is 9.36 Å². The van der Waals surface area contributed by atoms with Crippen LogP contribution in [0.15, 0.2) is 29.1 Å². The van der Waals surface area contributed by atoms with E-state index in [1.807, 2.05) is 31.2 Å². The number of carbonyl (C=O) groups excluding carboxylic acids is 1. The molecule has 1 N–H and O–H groups in total. The zero-order valence-corrected chi connectivity index (χ0v) is 16.6. The summed E-state index contributed by atoms with van der Waals surface area (Å²) in [6.45, 7) is 7.68. The fraction of sp³-hybridized carbons (Fsp3) is 0.571. The molecule has 1 aliphatic rings. The molecule has 6 heteroatoms. The van der Waals surface area contributed by atoms with Crippen LogP contribution in [-0.4, -0.2) is 26.3 Å². The third-order valence-electron chi connectivity index (χ3n) is 5.05. The molecule has 6 nitrogen and oxygen atoms in total. The van der Waals surface area contributed by atoms with Gasteiger partial charge in [0.2, 0.25) is 0 Å². The molecule has 0 radical (unpaired) electrons. The minimum absolute atomic E-state index is 0.0282. The summed E-state index contributed by atoms with van der Waals surface area (Å²) < 4.78 is 3.33. The van der Waals surface area contributed by atoms with E-state index in [9.17, 15) is 9.59 Å². The van der Waals surface area contributed by atoms with Crippen LogP contribution in [0, 0.1) is 5.92 Å². The summed E-state index contributed by atoms with van der Waals surface area (Å²) >= 11 is 0. The molecular formula is C21H30N4O2. The van der Waals surface area contributed by atoms with Gasteiger partial charge in [-0.05, 0) is 49.3 Å². The van der Waals surface area contributed by atoms with Crippen molar-refractivity contribution in [1.82, 2.24) is 19.7 Å². The van der Waals surface area contributed by atoms with Crippen LogP contribution in [0.25, 0.3) is 0 Å². The first-order chi connectivity index (χ1) is 13.0. The molecule has 1 aliphatic heterocycles. The number of fused-ring (bicyclic) bond motifs is 1. The van der Waals surface area contributed by atoms with Gasteiger partial charge in [-0.15, -0.1) is 0 Å². The van der Waals surface area contributed by atoms with Crippen LogP contribution in [0.3, 0.4) is 0 Å². The van der Waals surface area contributed by atoms with Crippen molar-refractivity contribution in [3.63, 3.8) is 0 Å². The molecule has 2 aromatic rings. The van der Waals surface area contributed by atoms with Gasteiger partial charge >= 0.3 is 5.69 Å². The molecular weight excluding hydrogens is 340 g/mol. The second-order valence-corrected chi connectivity index (χ2v) is 7.87. The molecule has 1 unspecified atom stereocenters. The fourth-order valence-corrected chi connectivity index (χ4v) is 3.66. The lowest BCUT2D eigenvalue weighted by atomic mass is 10.0. The van der Waals surface area contributed by atoms with Gasteiger partial charge < -0.3 is 5.32 Å². The Bertz CT molecular complexity index is 833. The minimum Gasteiger partial charge on any atom is -0.349 e. The summed E-state index contributed by atoms with van der Waals surface area (Å²) in [6.07, 6.45) is 4.18. The van der Waals surface area contributed by atoms with E-state index >= 15 is 0 Å². The first kappa shape index (κ1) is 19.4. The van der Waals surface area contributed by atoms with Crippen molar-refractivity contribution in [2.75, 3.05) is 0 Å². The van der Waals surface area contributed by atoms with Gasteiger partial charge in [-0.1, -0.05) is 32.9 Å². The van der Waals surface area contributed by atoms with E-state index in [0.29, 0.717) is 31.0 Å². The van der Waals surface area contributed by atoms with Crippen LogP contribution >= 0.6 is 0 Å². The molecule has 0 saturated carbocycles. The molecule has 27 heavy (non-hydrogen) atoms. The Morgan fingerprint density at radius 3 is 2.67 bits per heavy atom. The summed E-state index contributed by atoms with van der Waals surface area (Å²) in [4.78, 5) is 25.0. The van der Waals surface area contributed by atoms with Crippen LogP contribution < -0.4 is 11.0 Å². The number of nitrogens with zero attached hydrogens (tertiary/aromatic N) is 3. The molecule has 0 fully saturated rings. The predicted molar refractivity (Wildman–Crippen MR) is 106 cm³/mol. The standard InChI is InChI=1S/C21H30N4O2/c1-4-12-25-21(27)24-13-11-18(9-10-19(24)23-25)22-20(26)17-7-5-16(6-8-17)14-15(2)3/h5-8,15,18H,4,9-14H2,1-3H3,(H,22,26). The lowest BCUT2D eigenvalue weighted by molar-refractivity contribution is 0.0933. The first-order valence-electron chi connectivity index (χ1n) is 10.0. The third kappa shape index (κ3) is 4.67. The molecule has 1 amide bonds. The van der Waals surface area contributed by atoms with E-state index in [2.05, 4.69) is 24.3 Å². The van der Waals surface area contributed by atoms with Crippen molar-refractivity contribution in [1.29, 1.82) is 0 Å². The first-order valence-corrected chi connectivity index (χ1v) is 10.0. The van der Waals surface area contributed by atoms with Crippen LogP contribution in [-0.2, 0) is 25.9 Å². The van der Waals surface area contributed by atoms with Gasteiger partial charge in [0.05, 0.1) is 0 Å². The molecule has 1 atom stereocenters. The minimum atomic E-state index is -0.0426. The predicted octanol–water partition coefficient (Wildman–Crippen LogP) is 2.79. The Morgan fingerprint density at radius 2 is 2.00 bits per heavy atom. The Labute approximate surface area is 160 Å². The lowest BCUT2D eigenvalue weighted by Gasteiger charge is -2.16. The van der Waals surface area contributed by atoms with Crippen molar-refractivity contribution < 1.29 is 4.79 Å². The highest BCUT2D eigenvalue weighted by molar-refractivity contribution is 5.94. The van der Waals surface area contributed by atoms with Crippen LogP contribution in [0.1, 0.15) is 61.8 Å². The van der Waals surface area contributed by atoms with Gasteiger partial charge in [0.25, 0.3) is 5.91 Å². The summed E-state index contributed by atoms with van der Waals surface area (Å²) in [5.41, 5.74) is 1.92. The molecule has 0 bridgehead atoms. The highest BCUT2D eigenvalue weighted by Crippen LogP contribution is 2.14. The topological polar surface area (TPSA) is 68.9 Å². The molecule has 1 aromatic carbocycles. The van der Waals surface area contributed by atoms with Crippen LogP contribution in [0.4, 0.5) is 0 Å². The monoisotopic (exact) mass is 370 g/mol. The van der Waals surface area contributed by atoms with Gasteiger partial charge in [-0.2, -0.15) is 5.10 Å². The van der Waals surface area contributed by atoms with E-state index in [0.717, 1.165) is 31.5 Å². The SMILES string of the molecule is CCCn1nc2n(c1=O)CCC(NC(=O)c1ccc(CC(C)C)cc1)CC2. The highest BCUT2D eigenvalue weighted by atomic mass is 16.2. The maximum absolute atomic E-state index is 12.6. The van der Waals surface area contributed by atoms with Crippen molar-refractivity contribution in [2.24, 2.45) is 5.92 Å². The smallest absolute Gasteiger partial charge is 0.345 e. The Morgan fingerprint density at radius 1 is 1.26 bits per heavy atom. The van der Waals surface area contributed by atoms with Crippen molar-refractivity contribution in [3.8, 4) is 0 Å². The van der Waals surface area contributed by atoms with Gasteiger partial charge in [-0.25, -0.2) is 9.48 Å². The third-order valence-corrected chi connectivity index (χ3v) is 5.05. The lowest BCUT2D eigenvalue weighted by Crippen LogP contribution is -2.35. The zero-order valence-electron chi connectivity index (χ0n) is 16.6. The number of carbonyl (C=O) groups is 1. The number of hydrogen-bond donors (Lipinski definition) is 1. The molecule has 1 aromatic heterocycles. The number of hydrogen-bond acceptors (Lipinski definition) is 3. The zero-order chi connectivity index (χ0) is 19.4. The summed E-state index contributed by atoms with van der Waals surface area (Å²) in [7, 11) is 0. The summed E-state index contributed by atoms with van der Waals surface area (Å²) in [6, 6.07) is 7.94. The number of aryl methyl sites for hydroxylation is 2. The van der Waals surface area contributed by atoms with Gasteiger partial charge in [0, 0.05) is 31.1 Å². The highest BCUT2D eigenvalue weighted by Gasteiger charge is 2.22. The van der Waals surface area contributed by atoms with Crippen molar-refractivity contribution in [2.45, 2.75) is 72.0 Å². The number of rotatable bonds is 6. The maximum Gasteiger partial charge on any atom is 0.345 e. The average molecular weight is 370 g/mol. The number of amides is 1. The molecule has 2 heterocycles. The van der Waals surface area contributed by atoms with Crippen LogP contribution in [0.5, 0.6) is 0 Å². The number of nitrogens with one attached hydrogen (secondary N) is 1. The molecule has 0 aliphatic carbocycles. The Kier molecular flexibility index (Phi) is 6.14. The summed E-state index contributed by atoms with van der Waals surface area (Å²) in [5.74, 6) is 1.39. The summed E-state index contributed by atoms with van der Waals surface area (Å²) in [5, 5.41) is 7.59. The van der Waals surface area contributed by atoms with Crippen molar-refractivity contribution in [3.05, 3.63) is 51.7 Å². The quantitative estimate of drug-likeness (QED) is 0.850. The van der Waals surface area contributed by atoms with E-state index in [4.69, 9.17) is 0 Å². The number of aromatic nitrogens is 3. The molecule has 0 saturated heterocycles. The second-order valence-electron chi connectivity index (χ2n) is 7.87. The average Bonchev–Trinajstić information content (AvgIpc) is 2.80. The normalized spacial score (nSPS) is 16.8. The second kappa shape index (κ2) is 8.55. The van der Waals surface area contributed by atoms with E-state index in [1.165, 1.54) is 5.56 Å². The molecule has 3 rings (SSSR count). The van der Waals surface area contributed by atoms with Gasteiger partial charge in [0.1, 0.15) is 5.82 Å². The maximum atomic E-state index is 12.6. The van der Waals surface area contributed by atoms with Crippen LogP contribution in [0.2, 0.25) is 0 Å². The van der Waals surface area contributed by atoms with Gasteiger partial charge in [0.15, 0.2) is 0 Å². The van der Waals surface area contributed by atoms with E-state index < -0.39 is 0 Å².